The molecule has 2 fully saturated rings. The van der Waals surface area contributed by atoms with E-state index in [1.54, 1.807) is 13.8 Å². The van der Waals surface area contributed by atoms with Gasteiger partial charge in [-0.2, -0.15) is 0 Å². The van der Waals surface area contributed by atoms with E-state index >= 15 is 0 Å². The number of nitrogens with zero attached hydrogens (tertiary/aromatic N) is 3. The normalized spacial score (nSPS) is 24.8. The fourth-order valence-corrected chi connectivity index (χ4v) is 3.25. The summed E-state index contributed by atoms with van der Waals surface area (Å²) in [5.41, 5.74) is -0.410. The monoisotopic (exact) mass is 335 g/mol. The minimum absolute atomic E-state index is 0.0713. The number of hydrogen-bond donors (Lipinski definition) is 3. The highest BCUT2D eigenvalue weighted by Gasteiger charge is 2.30. The zero-order valence-corrected chi connectivity index (χ0v) is 14.7. The van der Waals surface area contributed by atoms with E-state index in [-0.39, 0.29) is 18.0 Å². The average molecular weight is 335 g/mol. The van der Waals surface area contributed by atoms with Crippen molar-refractivity contribution in [3.8, 4) is 0 Å². The fourth-order valence-electron chi connectivity index (χ4n) is 3.25. The van der Waals surface area contributed by atoms with E-state index in [0.29, 0.717) is 18.2 Å². The van der Waals surface area contributed by atoms with Gasteiger partial charge in [-0.1, -0.05) is 18.1 Å². The van der Waals surface area contributed by atoms with Gasteiger partial charge >= 0.3 is 0 Å². The predicted octanol–water partition coefficient (Wildman–Crippen LogP) is 1.10. The van der Waals surface area contributed by atoms with E-state index in [2.05, 4.69) is 20.9 Å². The largest absolute Gasteiger partial charge is 0.384 e. The summed E-state index contributed by atoms with van der Waals surface area (Å²) >= 11 is 0. The second-order valence-electron chi connectivity index (χ2n) is 7.73. The van der Waals surface area contributed by atoms with E-state index in [1.165, 1.54) is 12.8 Å². The summed E-state index contributed by atoms with van der Waals surface area (Å²) < 4.78 is 1.85. The summed E-state index contributed by atoms with van der Waals surface area (Å²) in [4.78, 5) is 12.0. The van der Waals surface area contributed by atoms with Crippen LogP contribution in [0, 0.1) is 5.92 Å². The molecule has 7 heteroatoms. The average Bonchev–Trinajstić information content (AvgIpc) is 3.23. The second-order valence-corrected chi connectivity index (χ2v) is 7.73. The van der Waals surface area contributed by atoms with Gasteiger partial charge in [0.1, 0.15) is 11.3 Å². The Morgan fingerprint density at radius 1 is 1.33 bits per heavy atom. The molecular formula is C17H29N5O2. The van der Waals surface area contributed by atoms with Crippen molar-refractivity contribution in [2.45, 2.75) is 70.1 Å². The predicted molar refractivity (Wildman–Crippen MR) is 90.3 cm³/mol. The van der Waals surface area contributed by atoms with E-state index in [4.69, 9.17) is 0 Å². The van der Waals surface area contributed by atoms with Crippen molar-refractivity contribution in [3.63, 3.8) is 0 Å². The zero-order valence-electron chi connectivity index (χ0n) is 14.7. The van der Waals surface area contributed by atoms with Crippen molar-refractivity contribution in [1.29, 1.82) is 0 Å². The first-order valence-corrected chi connectivity index (χ1v) is 9.08. The molecule has 2 aliphatic carbocycles. The smallest absolute Gasteiger partial charge is 0.233 e. The highest BCUT2D eigenvalue weighted by Crippen LogP contribution is 2.29. The topological polar surface area (TPSA) is 92.1 Å². The van der Waals surface area contributed by atoms with Crippen LogP contribution in [-0.4, -0.2) is 45.1 Å². The van der Waals surface area contributed by atoms with Crippen molar-refractivity contribution < 1.29 is 9.90 Å². The first-order chi connectivity index (χ1) is 11.4. The first-order valence-electron chi connectivity index (χ1n) is 9.08. The highest BCUT2D eigenvalue weighted by atomic mass is 16.3. The quantitative estimate of drug-likeness (QED) is 0.694. The Kier molecular flexibility index (Phi) is 5.20. The third-order valence-corrected chi connectivity index (χ3v) is 5.02. The van der Waals surface area contributed by atoms with Crippen LogP contribution in [-0.2, 0) is 10.4 Å². The lowest BCUT2D eigenvalue weighted by atomic mass is 9.90. The van der Waals surface area contributed by atoms with Crippen LogP contribution in [0.3, 0.4) is 0 Å². The van der Waals surface area contributed by atoms with Crippen molar-refractivity contribution in [3.05, 3.63) is 11.9 Å². The number of rotatable bonds is 7. The standard InChI is InChI=1S/C17H29N5O2/c1-17(2,24)15-11-22(21-20-15)14-6-4-3-5-13(14)18-10-16(23)19-9-12-7-8-12/h11-14,18,24H,3-10H2,1-2H3,(H,19,23)/t13-,14+/m0/s1. The van der Waals surface area contributed by atoms with Crippen LogP contribution in [0.1, 0.15) is 64.1 Å². The van der Waals surface area contributed by atoms with Crippen molar-refractivity contribution in [2.75, 3.05) is 13.1 Å². The number of carbonyl (C=O) groups excluding carboxylic acids is 1. The maximum absolute atomic E-state index is 12.0. The van der Waals surface area contributed by atoms with Crippen LogP contribution in [0.4, 0.5) is 0 Å². The molecule has 2 saturated carbocycles. The molecule has 0 aromatic carbocycles. The molecular weight excluding hydrogens is 306 g/mol. The van der Waals surface area contributed by atoms with Gasteiger partial charge in [-0.3, -0.25) is 4.79 Å². The third kappa shape index (κ3) is 4.54. The van der Waals surface area contributed by atoms with E-state index in [9.17, 15) is 9.90 Å². The maximum atomic E-state index is 12.0. The van der Waals surface area contributed by atoms with Crippen LogP contribution < -0.4 is 10.6 Å². The van der Waals surface area contributed by atoms with E-state index < -0.39 is 5.60 Å². The Balaban J connectivity index is 1.56. The Morgan fingerprint density at radius 2 is 2.08 bits per heavy atom. The molecule has 24 heavy (non-hydrogen) atoms. The molecule has 1 heterocycles. The Morgan fingerprint density at radius 3 is 2.75 bits per heavy atom. The molecule has 3 rings (SSSR count). The summed E-state index contributed by atoms with van der Waals surface area (Å²) in [5.74, 6) is 0.772. The Bertz CT molecular complexity index is 562. The number of aliphatic hydroxyl groups is 1. The summed E-state index contributed by atoms with van der Waals surface area (Å²) in [7, 11) is 0. The van der Waals surface area contributed by atoms with E-state index in [1.807, 2.05) is 10.9 Å². The highest BCUT2D eigenvalue weighted by molar-refractivity contribution is 5.78. The molecule has 2 atom stereocenters. The van der Waals surface area contributed by atoms with Crippen LogP contribution in [0.2, 0.25) is 0 Å². The molecule has 0 aliphatic heterocycles. The maximum Gasteiger partial charge on any atom is 0.233 e. The van der Waals surface area contributed by atoms with Crippen LogP contribution in [0.25, 0.3) is 0 Å². The summed E-state index contributed by atoms with van der Waals surface area (Å²) in [6.07, 6.45) is 8.66. The van der Waals surface area contributed by atoms with Gasteiger partial charge < -0.3 is 15.7 Å². The van der Waals surface area contributed by atoms with Crippen LogP contribution >= 0.6 is 0 Å². The van der Waals surface area contributed by atoms with Crippen LogP contribution in [0.5, 0.6) is 0 Å². The summed E-state index contributed by atoms with van der Waals surface area (Å²) in [6, 6.07) is 0.389. The van der Waals surface area contributed by atoms with Gasteiger partial charge in [0.25, 0.3) is 0 Å². The zero-order chi connectivity index (χ0) is 17.2. The molecule has 0 spiro atoms. The number of nitrogens with one attached hydrogen (secondary N) is 2. The van der Waals surface area contributed by atoms with Gasteiger partial charge in [0.2, 0.25) is 5.91 Å². The summed E-state index contributed by atoms with van der Waals surface area (Å²) in [5, 5.41) is 24.8. The molecule has 0 radical (unpaired) electrons. The van der Waals surface area contributed by atoms with Gasteiger partial charge in [-0.15, -0.1) is 5.10 Å². The van der Waals surface area contributed by atoms with Gasteiger partial charge in [0.15, 0.2) is 0 Å². The SMILES string of the molecule is CC(C)(O)c1cn([C@@H]2CCCC[C@@H]2NCC(=O)NCC2CC2)nn1. The molecule has 1 aromatic rings. The minimum atomic E-state index is -0.988. The number of hydrogen-bond acceptors (Lipinski definition) is 5. The van der Waals surface area contributed by atoms with Crippen molar-refractivity contribution >= 4 is 5.91 Å². The number of aromatic nitrogens is 3. The molecule has 7 nitrogen and oxygen atoms in total. The molecule has 2 aliphatic rings. The molecule has 0 unspecified atom stereocenters. The molecule has 134 valence electrons. The molecule has 1 aromatic heterocycles. The molecule has 0 saturated heterocycles. The lowest BCUT2D eigenvalue weighted by Crippen LogP contribution is -2.45. The minimum Gasteiger partial charge on any atom is -0.384 e. The lowest BCUT2D eigenvalue weighted by molar-refractivity contribution is -0.120. The lowest BCUT2D eigenvalue weighted by Gasteiger charge is -2.32. The fraction of sp³-hybridized carbons (Fsp3) is 0.824. The molecule has 1 amide bonds. The van der Waals surface area contributed by atoms with Crippen molar-refractivity contribution in [2.24, 2.45) is 5.92 Å². The molecule has 0 bridgehead atoms. The van der Waals surface area contributed by atoms with Gasteiger partial charge in [-0.05, 0) is 45.4 Å². The summed E-state index contributed by atoms with van der Waals surface area (Å²) in [6.45, 7) is 4.58. The number of carbonyl (C=O) groups is 1. The first kappa shape index (κ1) is 17.4. The van der Waals surface area contributed by atoms with Gasteiger partial charge in [0.05, 0.1) is 18.8 Å². The van der Waals surface area contributed by atoms with Crippen molar-refractivity contribution in [1.82, 2.24) is 25.6 Å². The number of amides is 1. The van der Waals surface area contributed by atoms with Crippen LogP contribution in [0.15, 0.2) is 6.20 Å². The Labute approximate surface area is 143 Å². The molecule has 3 N–H and O–H groups in total. The Hall–Kier alpha value is -1.47. The van der Waals surface area contributed by atoms with Gasteiger partial charge in [0, 0.05) is 12.6 Å². The second kappa shape index (κ2) is 7.19. The van der Waals surface area contributed by atoms with E-state index in [0.717, 1.165) is 32.2 Å². The third-order valence-electron chi connectivity index (χ3n) is 5.02. The van der Waals surface area contributed by atoms with Gasteiger partial charge in [-0.25, -0.2) is 4.68 Å².